The van der Waals surface area contributed by atoms with Gasteiger partial charge in [-0.05, 0) is 35.9 Å². The van der Waals surface area contributed by atoms with Crippen molar-refractivity contribution in [2.24, 2.45) is 0 Å². The lowest BCUT2D eigenvalue weighted by atomic mass is 9.98. The molecule has 0 N–H and O–H groups in total. The molecule has 1 amide bonds. The molecule has 2 aliphatic heterocycles. The largest absolute Gasteiger partial charge is 0.338 e. The second-order valence-electron chi connectivity index (χ2n) is 6.86. The average Bonchev–Trinajstić information content (AvgIpc) is 3.17. The van der Waals surface area contributed by atoms with Crippen LogP contribution in [0.4, 0.5) is 5.95 Å². The summed E-state index contributed by atoms with van der Waals surface area (Å²) in [5, 5.41) is 2.18. The van der Waals surface area contributed by atoms with Gasteiger partial charge in [0.15, 0.2) is 0 Å². The van der Waals surface area contributed by atoms with Gasteiger partial charge in [0, 0.05) is 56.0 Å². The normalized spacial score (nSPS) is 20.9. The molecule has 0 aromatic carbocycles. The Hall–Kier alpha value is -1.99. The van der Waals surface area contributed by atoms with E-state index in [-0.39, 0.29) is 5.91 Å². The highest BCUT2D eigenvalue weighted by Gasteiger charge is 2.30. The Morgan fingerprint density at radius 1 is 1.19 bits per heavy atom. The van der Waals surface area contributed by atoms with E-state index in [1.54, 1.807) is 12.4 Å². The van der Waals surface area contributed by atoms with Crippen LogP contribution in [0.2, 0.25) is 0 Å². The second kappa shape index (κ2) is 7.72. The van der Waals surface area contributed by atoms with Crippen LogP contribution >= 0.6 is 11.3 Å². The Kier molecular flexibility index (Phi) is 5.17. The number of hydrogen-bond donors (Lipinski definition) is 0. The molecular formula is C19H25N5OS. The maximum absolute atomic E-state index is 12.9. The molecule has 1 atom stereocenters. The summed E-state index contributed by atoms with van der Waals surface area (Å²) >= 11 is 1.85. The molecule has 0 spiro atoms. The van der Waals surface area contributed by atoms with E-state index >= 15 is 0 Å². The van der Waals surface area contributed by atoms with Crippen LogP contribution in [0.5, 0.6) is 0 Å². The van der Waals surface area contributed by atoms with Crippen molar-refractivity contribution in [1.29, 1.82) is 0 Å². The van der Waals surface area contributed by atoms with Crippen molar-refractivity contribution in [2.45, 2.75) is 25.8 Å². The molecule has 4 rings (SSSR count). The van der Waals surface area contributed by atoms with Gasteiger partial charge in [0.05, 0.1) is 6.54 Å². The number of fused-ring (bicyclic) bond motifs is 1. The number of amides is 1. The highest BCUT2D eigenvalue weighted by atomic mass is 32.1. The van der Waals surface area contributed by atoms with Crippen LogP contribution in [0.1, 0.15) is 29.8 Å². The topological polar surface area (TPSA) is 52.6 Å². The highest BCUT2D eigenvalue weighted by Crippen LogP contribution is 2.35. The standard InChI is InChI=1S/C19H25N5OS/c1-2-16-15-5-13-26-17(15)4-8-24(16)14-18(25)22-9-11-23(12-10-22)19-20-6-3-7-21-19/h3,5-7,13,16H,2,4,8-12,14H2,1H3/t16-/m0/s1. The molecule has 0 bridgehead atoms. The number of carbonyl (C=O) groups is 1. The Labute approximate surface area is 158 Å². The van der Waals surface area contributed by atoms with Gasteiger partial charge in [-0.1, -0.05) is 6.92 Å². The summed E-state index contributed by atoms with van der Waals surface area (Å²) in [6.45, 7) is 6.79. The third-order valence-corrected chi connectivity index (χ3v) is 6.39. The Morgan fingerprint density at radius 2 is 1.96 bits per heavy atom. The molecule has 0 aliphatic carbocycles. The van der Waals surface area contributed by atoms with Gasteiger partial charge in [-0.3, -0.25) is 9.69 Å². The van der Waals surface area contributed by atoms with Crippen LogP contribution in [-0.2, 0) is 11.2 Å². The first-order valence-corrected chi connectivity index (χ1v) is 10.2. The summed E-state index contributed by atoms with van der Waals surface area (Å²) in [5.74, 6) is 1.00. The van der Waals surface area contributed by atoms with E-state index in [1.807, 2.05) is 22.3 Å². The molecule has 1 fully saturated rings. The smallest absolute Gasteiger partial charge is 0.236 e. The minimum Gasteiger partial charge on any atom is -0.338 e. The van der Waals surface area contributed by atoms with E-state index in [0.29, 0.717) is 12.6 Å². The fourth-order valence-corrected chi connectivity index (χ4v) is 4.93. The fourth-order valence-electron chi connectivity index (χ4n) is 4.00. The zero-order valence-electron chi connectivity index (χ0n) is 15.2. The van der Waals surface area contributed by atoms with E-state index in [1.165, 1.54) is 10.4 Å². The molecule has 0 saturated carbocycles. The summed E-state index contributed by atoms with van der Waals surface area (Å²) in [4.78, 5) is 29.5. The number of piperazine rings is 1. The number of nitrogens with zero attached hydrogens (tertiary/aromatic N) is 5. The SMILES string of the molecule is CC[C@H]1c2ccsc2CCN1CC(=O)N1CCN(c2ncccn2)CC1. The van der Waals surface area contributed by atoms with Crippen molar-refractivity contribution < 1.29 is 4.79 Å². The van der Waals surface area contributed by atoms with Gasteiger partial charge < -0.3 is 9.80 Å². The van der Waals surface area contributed by atoms with E-state index in [2.05, 4.69) is 38.1 Å². The molecule has 138 valence electrons. The predicted molar refractivity (Wildman–Crippen MR) is 103 cm³/mol. The first-order valence-electron chi connectivity index (χ1n) is 9.36. The molecule has 0 radical (unpaired) electrons. The van der Waals surface area contributed by atoms with Crippen molar-refractivity contribution in [2.75, 3.05) is 44.2 Å². The second-order valence-corrected chi connectivity index (χ2v) is 7.86. The third kappa shape index (κ3) is 3.46. The molecule has 2 aromatic heterocycles. The number of rotatable bonds is 4. The van der Waals surface area contributed by atoms with Crippen molar-refractivity contribution in [3.8, 4) is 0 Å². The van der Waals surface area contributed by atoms with Gasteiger partial charge in [0.1, 0.15) is 0 Å². The van der Waals surface area contributed by atoms with E-state index in [9.17, 15) is 4.79 Å². The van der Waals surface area contributed by atoms with E-state index < -0.39 is 0 Å². The average molecular weight is 372 g/mol. The Morgan fingerprint density at radius 3 is 2.69 bits per heavy atom. The van der Waals surface area contributed by atoms with E-state index in [4.69, 9.17) is 0 Å². The van der Waals surface area contributed by atoms with Crippen molar-refractivity contribution in [3.05, 3.63) is 40.3 Å². The first kappa shape index (κ1) is 17.4. The highest BCUT2D eigenvalue weighted by molar-refractivity contribution is 7.10. The third-order valence-electron chi connectivity index (χ3n) is 5.40. The first-order chi connectivity index (χ1) is 12.8. The quantitative estimate of drug-likeness (QED) is 0.825. The molecule has 6 nitrogen and oxygen atoms in total. The van der Waals surface area contributed by atoms with Crippen LogP contribution in [0.15, 0.2) is 29.9 Å². The molecule has 2 aromatic rings. The summed E-state index contributed by atoms with van der Waals surface area (Å²) in [6, 6.07) is 4.45. The summed E-state index contributed by atoms with van der Waals surface area (Å²) in [7, 11) is 0. The Balaban J connectivity index is 1.34. The number of thiophene rings is 1. The maximum Gasteiger partial charge on any atom is 0.236 e. The minimum absolute atomic E-state index is 0.246. The van der Waals surface area contributed by atoms with Crippen molar-refractivity contribution in [3.63, 3.8) is 0 Å². The number of hydrogen-bond acceptors (Lipinski definition) is 6. The van der Waals surface area contributed by atoms with Crippen LogP contribution in [-0.4, -0.2) is 64.9 Å². The summed E-state index contributed by atoms with van der Waals surface area (Å²) < 4.78 is 0. The van der Waals surface area contributed by atoms with Gasteiger partial charge in [-0.2, -0.15) is 0 Å². The molecule has 0 unspecified atom stereocenters. The van der Waals surface area contributed by atoms with Gasteiger partial charge in [0.2, 0.25) is 11.9 Å². The molecule has 7 heteroatoms. The van der Waals surface area contributed by atoms with Crippen LogP contribution in [0, 0.1) is 0 Å². The lowest BCUT2D eigenvalue weighted by Crippen LogP contribution is -2.52. The maximum atomic E-state index is 12.9. The van der Waals surface area contributed by atoms with Gasteiger partial charge >= 0.3 is 0 Å². The minimum atomic E-state index is 0.246. The van der Waals surface area contributed by atoms with Crippen molar-refractivity contribution >= 4 is 23.2 Å². The Bertz CT molecular complexity index is 741. The lowest BCUT2D eigenvalue weighted by Gasteiger charge is -2.38. The fraction of sp³-hybridized carbons (Fsp3) is 0.526. The number of carbonyl (C=O) groups excluding carboxylic acids is 1. The predicted octanol–water partition coefficient (Wildman–Crippen LogP) is 2.20. The van der Waals surface area contributed by atoms with Crippen LogP contribution in [0.25, 0.3) is 0 Å². The lowest BCUT2D eigenvalue weighted by molar-refractivity contribution is -0.133. The monoisotopic (exact) mass is 371 g/mol. The summed E-state index contributed by atoms with van der Waals surface area (Å²) in [6.07, 6.45) is 5.64. The molecule has 4 heterocycles. The molecule has 26 heavy (non-hydrogen) atoms. The number of aromatic nitrogens is 2. The zero-order chi connectivity index (χ0) is 17.9. The van der Waals surface area contributed by atoms with E-state index in [0.717, 1.165) is 51.5 Å². The summed E-state index contributed by atoms with van der Waals surface area (Å²) in [5.41, 5.74) is 1.43. The molecular weight excluding hydrogens is 346 g/mol. The van der Waals surface area contributed by atoms with Crippen LogP contribution in [0.3, 0.4) is 0 Å². The van der Waals surface area contributed by atoms with Gasteiger partial charge in [-0.25, -0.2) is 9.97 Å². The van der Waals surface area contributed by atoms with Crippen molar-refractivity contribution in [1.82, 2.24) is 19.8 Å². The zero-order valence-corrected chi connectivity index (χ0v) is 16.0. The number of anilines is 1. The van der Waals surface area contributed by atoms with Gasteiger partial charge in [0.25, 0.3) is 0 Å². The molecule has 2 aliphatic rings. The van der Waals surface area contributed by atoms with Crippen LogP contribution < -0.4 is 4.90 Å². The molecule has 1 saturated heterocycles. The van der Waals surface area contributed by atoms with Gasteiger partial charge in [-0.15, -0.1) is 11.3 Å².